The Kier molecular flexibility index (Phi) is 2.69. The number of aliphatic hydroxyl groups excluding tert-OH is 1. The van der Waals surface area contributed by atoms with Crippen molar-refractivity contribution in [3.8, 4) is 0 Å². The predicted molar refractivity (Wildman–Crippen MR) is 60.1 cm³/mol. The van der Waals surface area contributed by atoms with Crippen LogP contribution in [0.4, 0.5) is 5.82 Å². The largest absolute Gasteiger partial charge is 0.396 e. The molecule has 15 heavy (non-hydrogen) atoms. The summed E-state index contributed by atoms with van der Waals surface area (Å²) in [5, 5.41) is 17.2. The number of aliphatic hydroxyl groups is 1. The van der Waals surface area contributed by atoms with E-state index in [0.29, 0.717) is 12.1 Å². The summed E-state index contributed by atoms with van der Waals surface area (Å²) in [6.07, 6.45) is 2.86. The highest BCUT2D eigenvalue weighted by Crippen LogP contribution is 2.34. The summed E-state index contributed by atoms with van der Waals surface area (Å²) < 4.78 is 1.99. The molecule has 2 atom stereocenters. The molecule has 1 aromatic heterocycles. The Bertz CT molecular complexity index is 346. The molecule has 0 aromatic carbocycles. The Morgan fingerprint density at radius 3 is 3.00 bits per heavy atom. The van der Waals surface area contributed by atoms with Gasteiger partial charge in [-0.05, 0) is 27.2 Å². The van der Waals surface area contributed by atoms with Crippen LogP contribution in [0.5, 0.6) is 0 Å². The number of rotatable bonds is 2. The van der Waals surface area contributed by atoms with Gasteiger partial charge in [-0.1, -0.05) is 0 Å². The Balaban J connectivity index is 2.39. The van der Waals surface area contributed by atoms with Crippen molar-refractivity contribution in [1.82, 2.24) is 9.78 Å². The molecule has 0 radical (unpaired) electrons. The lowest BCUT2D eigenvalue weighted by atomic mass is 9.91. The minimum atomic E-state index is 0.211. The van der Waals surface area contributed by atoms with E-state index in [0.717, 1.165) is 17.8 Å². The highest BCUT2D eigenvalue weighted by molar-refractivity contribution is 5.50. The monoisotopic (exact) mass is 209 g/mol. The van der Waals surface area contributed by atoms with Crippen LogP contribution >= 0.6 is 0 Å². The number of nitrogens with one attached hydrogen (secondary N) is 1. The quantitative estimate of drug-likeness (QED) is 0.780. The number of nitrogens with zero attached hydrogens (tertiary/aromatic N) is 2. The summed E-state index contributed by atoms with van der Waals surface area (Å²) in [6.45, 7) is 6.58. The van der Waals surface area contributed by atoms with Crippen LogP contribution < -0.4 is 5.32 Å². The van der Waals surface area contributed by atoms with Gasteiger partial charge in [0.05, 0.1) is 12.8 Å². The van der Waals surface area contributed by atoms with E-state index in [-0.39, 0.29) is 12.5 Å². The molecule has 0 saturated heterocycles. The molecule has 2 heterocycles. The van der Waals surface area contributed by atoms with Crippen LogP contribution in [0, 0.1) is 0 Å². The van der Waals surface area contributed by atoms with Crippen molar-refractivity contribution in [3.05, 3.63) is 11.8 Å². The van der Waals surface area contributed by atoms with Crippen molar-refractivity contribution in [3.63, 3.8) is 0 Å². The van der Waals surface area contributed by atoms with Crippen LogP contribution in [0.1, 0.15) is 44.7 Å². The third-order valence-electron chi connectivity index (χ3n) is 2.99. The van der Waals surface area contributed by atoms with Gasteiger partial charge in [-0.3, -0.25) is 0 Å². The summed E-state index contributed by atoms with van der Waals surface area (Å²) in [7, 11) is 0. The standard InChI is InChI=1S/C11H19N3O/c1-7(2)14-11-10(5-12-14)9(6-15)4-8(3)13-11/h5,7-9,13,15H,4,6H2,1-3H3/t8-,9+/m0/s1. The molecule has 4 nitrogen and oxygen atoms in total. The Morgan fingerprint density at radius 2 is 2.40 bits per heavy atom. The molecule has 4 heteroatoms. The van der Waals surface area contributed by atoms with Crippen molar-refractivity contribution in [1.29, 1.82) is 0 Å². The van der Waals surface area contributed by atoms with E-state index in [1.807, 2.05) is 10.9 Å². The molecule has 0 bridgehead atoms. The molecular weight excluding hydrogens is 190 g/mol. The minimum absolute atomic E-state index is 0.211. The molecule has 2 N–H and O–H groups in total. The fraction of sp³-hybridized carbons (Fsp3) is 0.727. The lowest BCUT2D eigenvalue weighted by Gasteiger charge is -2.29. The number of hydrogen-bond donors (Lipinski definition) is 2. The molecule has 0 amide bonds. The van der Waals surface area contributed by atoms with E-state index in [1.54, 1.807) is 0 Å². The number of hydrogen-bond acceptors (Lipinski definition) is 3. The lowest BCUT2D eigenvalue weighted by molar-refractivity contribution is 0.253. The van der Waals surface area contributed by atoms with Crippen LogP contribution in [-0.2, 0) is 0 Å². The number of fused-ring (bicyclic) bond motifs is 1. The first-order valence-corrected chi connectivity index (χ1v) is 5.58. The molecule has 84 valence electrons. The van der Waals surface area contributed by atoms with Gasteiger partial charge in [-0.15, -0.1) is 0 Å². The van der Waals surface area contributed by atoms with Gasteiger partial charge < -0.3 is 10.4 Å². The first-order valence-electron chi connectivity index (χ1n) is 5.58. The van der Waals surface area contributed by atoms with Crippen LogP contribution in [0.2, 0.25) is 0 Å². The second-order valence-corrected chi connectivity index (χ2v) is 4.65. The van der Waals surface area contributed by atoms with Crippen molar-refractivity contribution in [2.75, 3.05) is 11.9 Å². The maximum Gasteiger partial charge on any atom is 0.128 e. The van der Waals surface area contributed by atoms with Crippen LogP contribution in [0.15, 0.2) is 6.20 Å². The van der Waals surface area contributed by atoms with Gasteiger partial charge in [0.2, 0.25) is 0 Å². The van der Waals surface area contributed by atoms with E-state index in [9.17, 15) is 5.11 Å². The molecule has 0 aliphatic carbocycles. The van der Waals surface area contributed by atoms with Gasteiger partial charge >= 0.3 is 0 Å². The van der Waals surface area contributed by atoms with E-state index in [4.69, 9.17) is 0 Å². The summed E-state index contributed by atoms with van der Waals surface area (Å²) >= 11 is 0. The van der Waals surface area contributed by atoms with E-state index in [2.05, 4.69) is 31.2 Å². The average Bonchev–Trinajstić information content (AvgIpc) is 2.59. The first-order chi connectivity index (χ1) is 7.13. The fourth-order valence-corrected chi connectivity index (χ4v) is 2.23. The highest BCUT2D eigenvalue weighted by atomic mass is 16.3. The van der Waals surface area contributed by atoms with Gasteiger partial charge in [0.25, 0.3) is 0 Å². The molecule has 0 saturated carbocycles. The normalized spacial score (nSPS) is 25.1. The maximum absolute atomic E-state index is 9.34. The second-order valence-electron chi connectivity index (χ2n) is 4.65. The Labute approximate surface area is 90.3 Å². The van der Waals surface area contributed by atoms with Gasteiger partial charge in [0.15, 0.2) is 0 Å². The third kappa shape index (κ3) is 1.74. The molecular formula is C11H19N3O. The summed E-state index contributed by atoms with van der Waals surface area (Å²) in [4.78, 5) is 0. The van der Waals surface area contributed by atoms with Crippen molar-refractivity contribution < 1.29 is 5.11 Å². The molecule has 1 aliphatic heterocycles. The van der Waals surface area contributed by atoms with E-state index in [1.165, 1.54) is 0 Å². The molecule has 0 unspecified atom stereocenters. The molecule has 0 spiro atoms. The SMILES string of the molecule is CC(C)n1ncc2c1N[C@@H](C)C[C@@H]2CO. The first kappa shape index (κ1) is 10.5. The zero-order valence-corrected chi connectivity index (χ0v) is 9.57. The van der Waals surface area contributed by atoms with Gasteiger partial charge in [-0.2, -0.15) is 5.10 Å². The van der Waals surface area contributed by atoms with Crippen molar-refractivity contribution >= 4 is 5.82 Å². The van der Waals surface area contributed by atoms with Crippen LogP contribution in [0.3, 0.4) is 0 Å². The van der Waals surface area contributed by atoms with E-state index >= 15 is 0 Å². The summed E-state index contributed by atoms with van der Waals surface area (Å²) in [5.41, 5.74) is 1.16. The maximum atomic E-state index is 9.34. The molecule has 1 aromatic rings. The van der Waals surface area contributed by atoms with E-state index < -0.39 is 0 Å². The van der Waals surface area contributed by atoms with Gasteiger partial charge in [0, 0.05) is 23.6 Å². The third-order valence-corrected chi connectivity index (χ3v) is 2.99. The molecule has 1 aliphatic rings. The minimum Gasteiger partial charge on any atom is -0.396 e. The Morgan fingerprint density at radius 1 is 1.67 bits per heavy atom. The van der Waals surface area contributed by atoms with Crippen molar-refractivity contribution in [2.45, 2.75) is 45.2 Å². The second kappa shape index (κ2) is 3.85. The molecule has 2 rings (SSSR count). The average molecular weight is 209 g/mol. The lowest BCUT2D eigenvalue weighted by Crippen LogP contribution is -2.28. The summed E-state index contributed by atoms with van der Waals surface area (Å²) in [5.74, 6) is 1.33. The molecule has 0 fully saturated rings. The fourth-order valence-electron chi connectivity index (χ4n) is 2.23. The zero-order chi connectivity index (χ0) is 11.0. The predicted octanol–water partition coefficient (Wildman–Crippen LogP) is 1.74. The number of aromatic nitrogens is 2. The summed E-state index contributed by atoms with van der Waals surface area (Å²) in [6, 6.07) is 0.759. The highest BCUT2D eigenvalue weighted by Gasteiger charge is 2.27. The van der Waals surface area contributed by atoms with Crippen LogP contribution in [-0.4, -0.2) is 27.5 Å². The Hall–Kier alpha value is -1.03. The smallest absolute Gasteiger partial charge is 0.128 e. The number of anilines is 1. The van der Waals surface area contributed by atoms with Gasteiger partial charge in [-0.25, -0.2) is 4.68 Å². The van der Waals surface area contributed by atoms with Gasteiger partial charge in [0.1, 0.15) is 5.82 Å². The zero-order valence-electron chi connectivity index (χ0n) is 9.57. The topological polar surface area (TPSA) is 50.1 Å². The van der Waals surface area contributed by atoms with Crippen LogP contribution in [0.25, 0.3) is 0 Å². The van der Waals surface area contributed by atoms with Crippen molar-refractivity contribution in [2.24, 2.45) is 0 Å².